The number of methoxy groups -OCH3 is 2. The summed E-state index contributed by atoms with van der Waals surface area (Å²) in [6.45, 7) is 3.03. The van der Waals surface area contributed by atoms with Crippen molar-refractivity contribution >= 4 is 17.3 Å². The van der Waals surface area contributed by atoms with Gasteiger partial charge in [-0.1, -0.05) is 0 Å². The highest BCUT2D eigenvalue weighted by Crippen LogP contribution is 2.28. The van der Waals surface area contributed by atoms with Crippen molar-refractivity contribution in [1.29, 1.82) is 0 Å². The minimum absolute atomic E-state index is 0.0708. The molecule has 0 radical (unpaired) electrons. The van der Waals surface area contributed by atoms with E-state index in [1.165, 1.54) is 0 Å². The Morgan fingerprint density at radius 2 is 1.72 bits per heavy atom. The van der Waals surface area contributed by atoms with E-state index in [1.807, 2.05) is 49.4 Å². The molecule has 1 amide bonds. The summed E-state index contributed by atoms with van der Waals surface area (Å²) < 4.78 is 15.9. The number of carbonyl (C=O) groups excluding carboxylic acids is 1. The zero-order chi connectivity index (χ0) is 18.1. The summed E-state index contributed by atoms with van der Waals surface area (Å²) in [5, 5.41) is 6.05. The smallest absolute Gasteiger partial charge is 0.226 e. The highest BCUT2D eigenvalue weighted by Gasteiger charge is 2.07. The van der Waals surface area contributed by atoms with E-state index in [9.17, 15) is 4.79 Å². The predicted molar refractivity (Wildman–Crippen MR) is 98.9 cm³/mol. The lowest BCUT2D eigenvalue weighted by Crippen LogP contribution is -2.16. The summed E-state index contributed by atoms with van der Waals surface area (Å²) in [5.74, 6) is 2.14. The molecule has 0 unspecified atom stereocenters. The summed E-state index contributed by atoms with van der Waals surface area (Å²) in [4.78, 5) is 12.1. The van der Waals surface area contributed by atoms with Crippen LogP contribution in [0.4, 0.5) is 11.4 Å². The summed E-state index contributed by atoms with van der Waals surface area (Å²) in [5.41, 5.74) is 1.53. The van der Waals surface area contributed by atoms with Crippen molar-refractivity contribution in [2.75, 3.05) is 38.0 Å². The normalized spacial score (nSPS) is 10.0. The minimum Gasteiger partial charge on any atom is -0.497 e. The second kappa shape index (κ2) is 9.42. The monoisotopic (exact) mass is 344 g/mol. The highest BCUT2D eigenvalue weighted by atomic mass is 16.5. The second-order valence-corrected chi connectivity index (χ2v) is 5.25. The zero-order valence-corrected chi connectivity index (χ0v) is 14.8. The highest BCUT2D eigenvalue weighted by molar-refractivity contribution is 5.91. The molecule has 2 N–H and O–H groups in total. The average molecular weight is 344 g/mol. The molecule has 134 valence electrons. The molecule has 0 saturated carbocycles. The topological polar surface area (TPSA) is 68.8 Å². The van der Waals surface area contributed by atoms with Crippen molar-refractivity contribution < 1.29 is 19.0 Å². The maximum atomic E-state index is 12.1. The Kier molecular flexibility index (Phi) is 6.95. The Morgan fingerprint density at radius 3 is 2.36 bits per heavy atom. The summed E-state index contributed by atoms with van der Waals surface area (Å²) >= 11 is 0. The maximum absolute atomic E-state index is 12.1. The van der Waals surface area contributed by atoms with Crippen LogP contribution in [0.3, 0.4) is 0 Å². The minimum atomic E-state index is -0.0708. The van der Waals surface area contributed by atoms with Crippen LogP contribution in [-0.4, -0.2) is 33.3 Å². The number of benzene rings is 2. The van der Waals surface area contributed by atoms with E-state index in [4.69, 9.17) is 14.2 Å². The first-order valence-electron chi connectivity index (χ1n) is 8.15. The molecule has 2 aromatic rings. The molecular formula is C19H24N2O4. The molecule has 0 heterocycles. The van der Waals surface area contributed by atoms with Gasteiger partial charge in [0.05, 0.1) is 26.5 Å². The van der Waals surface area contributed by atoms with Gasteiger partial charge in [-0.05, 0) is 43.3 Å². The Hall–Kier alpha value is -2.89. The number of ether oxygens (including phenoxy) is 3. The van der Waals surface area contributed by atoms with E-state index in [0.717, 1.165) is 22.9 Å². The predicted octanol–water partition coefficient (Wildman–Crippen LogP) is 3.54. The van der Waals surface area contributed by atoms with Crippen LogP contribution in [0.25, 0.3) is 0 Å². The number of hydrogen-bond donors (Lipinski definition) is 2. The first-order chi connectivity index (χ1) is 12.2. The zero-order valence-electron chi connectivity index (χ0n) is 14.8. The van der Waals surface area contributed by atoms with Crippen LogP contribution in [0.5, 0.6) is 17.2 Å². The van der Waals surface area contributed by atoms with Crippen molar-refractivity contribution in [2.45, 2.75) is 13.3 Å². The van der Waals surface area contributed by atoms with E-state index in [0.29, 0.717) is 25.3 Å². The van der Waals surface area contributed by atoms with Gasteiger partial charge in [0.2, 0.25) is 5.91 Å². The number of nitrogens with one attached hydrogen (secondary N) is 2. The number of hydrogen-bond acceptors (Lipinski definition) is 5. The van der Waals surface area contributed by atoms with Gasteiger partial charge >= 0.3 is 0 Å². The number of rotatable bonds is 9. The van der Waals surface area contributed by atoms with Crippen LogP contribution in [0.2, 0.25) is 0 Å². The summed E-state index contributed by atoms with van der Waals surface area (Å²) in [7, 11) is 3.21. The van der Waals surface area contributed by atoms with Gasteiger partial charge in [-0.25, -0.2) is 0 Å². The van der Waals surface area contributed by atoms with Crippen molar-refractivity contribution in [1.82, 2.24) is 0 Å². The Balaban J connectivity index is 1.84. The lowest BCUT2D eigenvalue weighted by molar-refractivity contribution is -0.115. The van der Waals surface area contributed by atoms with E-state index >= 15 is 0 Å². The summed E-state index contributed by atoms with van der Waals surface area (Å²) in [6.07, 6.45) is 0.327. The largest absolute Gasteiger partial charge is 0.497 e. The van der Waals surface area contributed by atoms with Crippen LogP contribution in [0.15, 0.2) is 42.5 Å². The fourth-order valence-electron chi connectivity index (χ4n) is 2.29. The molecular weight excluding hydrogens is 320 g/mol. The second-order valence-electron chi connectivity index (χ2n) is 5.25. The molecule has 0 aliphatic heterocycles. The van der Waals surface area contributed by atoms with Crippen molar-refractivity contribution in [3.63, 3.8) is 0 Å². The van der Waals surface area contributed by atoms with E-state index in [2.05, 4.69) is 10.6 Å². The Labute approximate surface area is 148 Å². The van der Waals surface area contributed by atoms with Crippen molar-refractivity contribution in [3.05, 3.63) is 42.5 Å². The van der Waals surface area contributed by atoms with Crippen LogP contribution in [0.1, 0.15) is 13.3 Å². The van der Waals surface area contributed by atoms with Crippen LogP contribution in [-0.2, 0) is 4.79 Å². The molecule has 0 fully saturated rings. The molecule has 0 bridgehead atoms. The molecule has 6 nitrogen and oxygen atoms in total. The maximum Gasteiger partial charge on any atom is 0.226 e. The molecule has 0 atom stereocenters. The van der Waals surface area contributed by atoms with Gasteiger partial charge in [0, 0.05) is 24.7 Å². The standard InChI is InChI=1S/C19H24N2O4/c1-4-25-15-7-5-14(6-8-15)21-19(22)11-12-20-17-13-16(23-2)9-10-18(17)24-3/h5-10,13,20H,4,11-12H2,1-3H3,(H,21,22). The Morgan fingerprint density at radius 1 is 1.00 bits per heavy atom. The lowest BCUT2D eigenvalue weighted by atomic mass is 10.2. The van der Waals surface area contributed by atoms with Gasteiger partial charge in [-0.15, -0.1) is 0 Å². The number of anilines is 2. The van der Waals surface area contributed by atoms with Crippen LogP contribution >= 0.6 is 0 Å². The van der Waals surface area contributed by atoms with Crippen LogP contribution in [0, 0.1) is 0 Å². The molecule has 25 heavy (non-hydrogen) atoms. The molecule has 6 heteroatoms. The van der Waals surface area contributed by atoms with Crippen molar-refractivity contribution in [3.8, 4) is 17.2 Å². The molecule has 0 saturated heterocycles. The fraction of sp³-hybridized carbons (Fsp3) is 0.316. The summed E-state index contributed by atoms with van der Waals surface area (Å²) in [6, 6.07) is 12.8. The van der Waals surface area contributed by atoms with Gasteiger partial charge in [-0.3, -0.25) is 4.79 Å². The molecule has 0 aliphatic carbocycles. The SMILES string of the molecule is CCOc1ccc(NC(=O)CCNc2cc(OC)ccc2OC)cc1. The first-order valence-corrected chi connectivity index (χ1v) is 8.15. The number of amides is 1. The molecule has 2 rings (SSSR count). The van der Waals surface area contributed by atoms with E-state index in [1.54, 1.807) is 14.2 Å². The van der Waals surface area contributed by atoms with Crippen LogP contribution < -0.4 is 24.8 Å². The molecule has 0 aromatic heterocycles. The first kappa shape index (κ1) is 18.4. The molecule has 0 aliphatic rings. The average Bonchev–Trinajstić information content (AvgIpc) is 2.63. The number of carbonyl (C=O) groups is 1. The quantitative estimate of drug-likeness (QED) is 0.728. The third kappa shape index (κ3) is 5.60. The Bertz CT molecular complexity index is 686. The van der Waals surface area contributed by atoms with Crippen molar-refractivity contribution in [2.24, 2.45) is 0 Å². The third-order valence-corrected chi connectivity index (χ3v) is 3.52. The van der Waals surface area contributed by atoms with Gasteiger partial charge in [0.25, 0.3) is 0 Å². The fourth-order valence-corrected chi connectivity index (χ4v) is 2.29. The third-order valence-electron chi connectivity index (χ3n) is 3.52. The molecule has 2 aromatic carbocycles. The van der Waals surface area contributed by atoms with Gasteiger partial charge < -0.3 is 24.8 Å². The van der Waals surface area contributed by atoms with Gasteiger partial charge in [0.15, 0.2) is 0 Å². The van der Waals surface area contributed by atoms with E-state index < -0.39 is 0 Å². The lowest BCUT2D eigenvalue weighted by Gasteiger charge is -2.12. The van der Waals surface area contributed by atoms with Gasteiger partial charge in [-0.2, -0.15) is 0 Å². The van der Waals surface area contributed by atoms with E-state index in [-0.39, 0.29) is 5.91 Å². The molecule has 0 spiro atoms. The van der Waals surface area contributed by atoms with Gasteiger partial charge in [0.1, 0.15) is 17.2 Å².